The molecule has 0 heterocycles. The third-order valence-corrected chi connectivity index (χ3v) is 3.77. The summed E-state index contributed by atoms with van der Waals surface area (Å²) in [7, 11) is 0. The molecular formula is C14H24O3. The van der Waals surface area contributed by atoms with Crippen molar-refractivity contribution in [2.24, 2.45) is 17.8 Å². The first-order chi connectivity index (χ1) is 7.95. The molecule has 1 rings (SSSR count). The lowest BCUT2D eigenvalue weighted by Crippen LogP contribution is -2.37. The second-order valence-electron chi connectivity index (χ2n) is 5.55. The highest BCUT2D eigenvalue weighted by Crippen LogP contribution is 2.35. The van der Waals surface area contributed by atoms with Gasteiger partial charge in [-0.3, -0.25) is 4.79 Å². The number of carbonyl (C=O) groups excluding carboxylic acids is 2. The molecule has 0 aromatic heterocycles. The van der Waals surface area contributed by atoms with Crippen LogP contribution in [-0.4, -0.2) is 17.9 Å². The summed E-state index contributed by atoms with van der Waals surface area (Å²) in [6.07, 6.45) is 3.34. The summed E-state index contributed by atoms with van der Waals surface area (Å²) >= 11 is 0. The first-order valence-electron chi connectivity index (χ1n) is 6.69. The molecule has 0 bridgehead atoms. The zero-order valence-corrected chi connectivity index (χ0v) is 11.4. The van der Waals surface area contributed by atoms with Crippen LogP contribution in [0.15, 0.2) is 0 Å². The van der Waals surface area contributed by atoms with Gasteiger partial charge in [0.05, 0.1) is 0 Å². The van der Waals surface area contributed by atoms with Gasteiger partial charge in [-0.15, -0.1) is 0 Å². The van der Waals surface area contributed by atoms with Crippen molar-refractivity contribution < 1.29 is 14.3 Å². The summed E-state index contributed by atoms with van der Waals surface area (Å²) in [6, 6.07) is 0. The maximum absolute atomic E-state index is 11.5. The number of ketones is 1. The topological polar surface area (TPSA) is 43.4 Å². The van der Waals surface area contributed by atoms with Crippen molar-refractivity contribution in [3.05, 3.63) is 0 Å². The molecule has 0 amide bonds. The number of hydrogen-bond donors (Lipinski definition) is 0. The fourth-order valence-electron chi connectivity index (χ4n) is 2.60. The number of hydrogen-bond acceptors (Lipinski definition) is 3. The van der Waals surface area contributed by atoms with Gasteiger partial charge in [-0.25, -0.2) is 4.79 Å². The van der Waals surface area contributed by atoms with Crippen molar-refractivity contribution in [1.82, 2.24) is 0 Å². The van der Waals surface area contributed by atoms with Crippen LogP contribution in [0.3, 0.4) is 0 Å². The zero-order chi connectivity index (χ0) is 13.0. The lowest BCUT2D eigenvalue weighted by molar-refractivity contribution is -0.163. The number of ether oxygens (including phenoxy) is 1. The van der Waals surface area contributed by atoms with E-state index in [1.165, 1.54) is 6.42 Å². The lowest BCUT2D eigenvalue weighted by Gasteiger charge is -2.36. The minimum atomic E-state index is -0.641. The predicted molar refractivity (Wildman–Crippen MR) is 66.5 cm³/mol. The Labute approximate surface area is 104 Å². The molecule has 0 aromatic carbocycles. The molecular weight excluding hydrogens is 216 g/mol. The summed E-state index contributed by atoms with van der Waals surface area (Å²) in [5, 5.41) is 0. The maximum Gasteiger partial charge on any atom is 0.374 e. The Morgan fingerprint density at radius 1 is 1.29 bits per heavy atom. The average Bonchev–Trinajstić information content (AvgIpc) is 2.27. The Morgan fingerprint density at radius 2 is 1.94 bits per heavy atom. The molecule has 1 saturated carbocycles. The Hall–Kier alpha value is -0.860. The zero-order valence-electron chi connectivity index (χ0n) is 11.4. The molecule has 0 spiro atoms. The van der Waals surface area contributed by atoms with Gasteiger partial charge in [-0.1, -0.05) is 34.1 Å². The number of esters is 1. The standard InChI is InChI=1S/C14H24O3/c1-5-12(15)14(16)17-13-8-10(4)6-7-11(13)9(2)3/h9-11,13H,5-8H2,1-4H3. The van der Waals surface area contributed by atoms with Crippen LogP contribution in [0.1, 0.15) is 53.4 Å². The maximum atomic E-state index is 11.5. The van der Waals surface area contributed by atoms with Gasteiger partial charge in [-0.05, 0) is 30.6 Å². The summed E-state index contributed by atoms with van der Waals surface area (Å²) < 4.78 is 5.40. The van der Waals surface area contributed by atoms with Gasteiger partial charge in [0, 0.05) is 6.42 Å². The van der Waals surface area contributed by atoms with Gasteiger partial charge in [0.25, 0.3) is 0 Å². The van der Waals surface area contributed by atoms with Gasteiger partial charge < -0.3 is 4.74 Å². The van der Waals surface area contributed by atoms with E-state index in [2.05, 4.69) is 20.8 Å². The molecule has 0 aliphatic heterocycles. The van der Waals surface area contributed by atoms with Crippen LogP contribution >= 0.6 is 0 Å². The molecule has 3 heteroatoms. The summed E-state index contributed by atoms with van der Waals surface area (Å²) in [5.74, 6) is 0.430. The van der Waals surface area contributed by atoms with E-state index in [1.807, 2.05) is 0 Å². The van der Waals surface area contributed by atoms with Crippen LogP contribution in [-0.2, 0) is 14.3 Å². The van der Waals surface area contributed by atoms with Crippen molar-refractivity contribution in [3.63, 3.8) is 0 Å². The van der Waals surface area contributed by atoms with Gasteiger partial charge in [-0.2, -0.15) is 0 Å². The molecule has 0 radical (unpaired) electrons. The van der Waals surface area contributed by atoms with E-state index in [-0.39, 0.29) is 12.5 Å². The van der Waals surface area contributed by atoms with E-state index in [4.69, 9.17) is 4.74 Å². The Balaban J connectivity index is 2.63. The Bertz CT molecular complexity index is 283. The molecule has 3 unspecified atom stereocenters. The van der Waals surface area contributed by atoms with E-state index in [1.54, 1.807) is 6.92 Å². The molecule has 17 heavy (non-hydrogen) atoms. The van der Waals surface area contributed by atoms with Crippen LogP contribution in [0.25, 0.3) is 0 Å². The number of rotatable bonds is 4. The monoisotopic (exact) mass is 240 g/mol. The lowest BCUT2D eigenvalue weighted by atomic mass is 9.75. The Kier molecular flexibility index (Phi) is 5.16. The molecule has 1 aliphatic carbocycles. The van der Waals surface area contributed by atoms with Crippen LogP contribution < -0.4 is 0 Å². The van der Waals surface area contributed by atoms with Crippen LogP contribution in [0.2, 0.25) is 0 Å². The second-order valence-corrected chi connectivity index (χ2v) is 5.55. The molecule has 3 atom stereocenters. The highest BCUT2D eigenvalue weighted by molar-refractivity contribution is 6.33. The van der Waals surface area contributed by atoms with E-state index in [9.17, 15) is 9.59 Å². The quantitative estimate of drug-likeness (QED) is 0.560. The largest absolute Gasteiger partial charge is 0.456 e. The third-order valence-electron chi connectivity index (χ3n) is 3.77. The number of Topliss-reactive ketones (excluding diaryl/α,β-unsaturated/α-hetero) is 1. The summed E-state index contributed by atoms with van der Waals surface area (Å²) in [5.41, 5.74) is 0. The molecule has 1 aliphatic rings. The summed E-state index contributed by atoms with van der Waals surface area (Å²) in [4.78, 5) is 22.8. The minimum absolute atomic E-state index is 0.0678. The molecule has 3 nitrogen and oxygen atoms in total. The van der Waals surface area contributed by atoms with Gasteiger partial charge >= 0.3 is 5.97 Å². The number of carbonyl (C=O) groups is 2. The van der Waals surface area contributed by atoms with Crippen molar-refractivity contribution in [1.29, 1.82) is 0 Å². The first-order valence-corrected chi connectivity index (χ1v) is 6.69. The molecule has 0 N–H and O–H groups in total. The van der Waals surface area contributed by atoms with E-state index in [0.717, 1.165) is 12.8 Å². The first kappa shape index (κ1) is 14.2. The smallest absolute Gasteiger partial charge is 0.374 e. The molecule has 98 valence electrons. The second kappa shape index (κ2) is 6.18. The molecule has 0 saturated heterocycles. The molecule has 1 fully saturated rings. The van der Waals surface area contributed by atoms with Crippen molar-refractivity contribution in [3.8, 4) is 0 Å². The van der Waals surface area contributed by atoms with Crippen LogP contribution in [0.5, 0.6) is 0 Å². The van der Waals surface area contributed by atoms with E-state index in [0.29, 0.717) is 17.8 Å². The van der Waals surface area contributed by atoms with E-state index >= 15 is 0 Å². The minimum Gasteiger partial charge on any atom is -0.456 e. The van der Waals surface area contributed by atoms with Crippen molar-refractivity contribution in [2.75, 3.05) is 0 Å². The third kappa shape index (κ3) is 3.83. The Morgan fingerprint density at radius 3 is 2.47 bits per heavy atom. The van der Waals surface area contributed by atoms with Gasteiger partial charge in [0.1, 0.15) is 6.10 Å². The normalized spacial score (nSPS) is 29.1. The van der Waals surface area contributed by atoms with Crippen molar-refractivity contribution >= 4 is 11.8 Å². The summed E-state index contributed by atoms with van der Waals surface area (Å²) in [6.45, 7) is 8.18. The highest BCUT2D eigenvalue weighted by atomic mass is 16.5. The average molecular weight is 240 g/mol. The molecule has 0 aromatic rings. The van der Waals surface area contributed by atoms with Crippen LogP contribution in [0.4, 0.5) is 0 Å². The highest BCUT2D eigenvalue weighted by Gasteiger charge is 2.34. The fourth-order valence-corrected chi connectivity index (χ4v) is 2.60. The van der Waals surface area contributed by atoms with Crippen LogP contribution in [0, 0.1) is 17.8 Å². The van der Waals surface area contributed by atoms with Gasteiger partial charge in [0.15, 0.2) is 0 Å². The SMILES string of the molecule is CCC(=O)C(=O)OC1CC(C)CCC1C(C)C. The van der Waals surface area contributed by atoms with Gasteiger partial charge in [0.2, 0.25) is 5.78 Å². The predicted octanol–water partition coefficient (Wildman–Crippen LogP) is 2.97. The van der Waals surface area contributed by atoms with E-state index < -0.39 is 11.8 Å². The fraction of sp³-hybridized carbons (Fsp3) is 0.857. The van der Waals surface area contributed by atoms with Crippen molar-refractivity contribution in [2.45, 2.75) is 59.5 Å².